The summed E-state index contributed by atoms with van der Waals surface area (Å²) < 4.78 is 0. The molecule has 0 amide bonds. The van der Waals surface area contributed by atoms with Crippen molar-refractivity contribution in [2.24, 2.45) is 5.73 Å². The molecule has 62 valence electrons. The molecule has 0 radical (unpaired) electrons. The Morgan fingerprint density at radius 2 is 2.17 bits per heavy atom. The third kappa shape index (κ3) is 0.961. The Balaban J connectivity index is 2.95. The van der Waals surface area contributed by atoms with Crippen molar-refractivity contribution in [3.05, 3.63) is 28.6 Å². The van der Waals surface area contributed by atoms with Crippen molar-refractivity contribution in [2.45, 2.75) is 12.8 Å². The van der Waals surface area contributed by atoms with Gasteiger partial charge < -0.3 is 10.8 Å². The van der Waals surface area contributed by atoms with Gasteiger partial charge in [-0.25, -0.2) is 0 Å². The Morgan fingerprint density at radius 1 is 1.33 bits per heavy atom. The van der Waals surface area contributed by atoms with Crippen molar-refractivity contribution >= 4 is 11.8 Å². The van der Waals surface area contributed by atoms with Crippen LogP contribution in [0.15, 0.2) is 18.2 Å². The monoisotopic (exact) mass is 161 g/mol. The summed E-state index contributed by atoms with van der Waals surface area (Å²) in [7, 11) is 0. The van der Waals surface area contributed by atoms with Gasteiger partial charge in [-0.1, -0.05) is 18.2 Å². The summed E-state index contributed by atoms with van der Waals surface area (Å²) in [6, 6.07) is 5.48. The van der Waals surface area contributed by atoms with Gasteiger partial charge in [-0.15, -0.1) is 0 Å². The van der Waals surface area contributed by atoms with Crippen LogP contribution in [0, 0.1) is 0 Å². The minimum Gasteiger partial charge on any atom is -0.507 e. The molecule has 0 bridgehead atoms. The molecule has 1 aliphatic carbocycles. The molecule has 0 atom stereocenters. The van der Waals surface area contributed by atoms with Gasteiger partial charge in [-0.05, 0) is 24.1 Å². The van der Waals surface area contributed by atoms with E-state index < -0.39 is 0 Å². The second-order valence-electron chi connectivity index (χ2n) is 3.01. The van der Waals surface area contributed by atoms with Gasteiger partial charge in [0.25, 0.3) is 0 Å². The number of phenols is 1. The predicted octanol–water partition coefficient (Wildman–Crippen LogP) is 0.0334. The number of aromatic hydroxyl groups is 1. The topological polar surface area (TPSA) is 46.2 Å². The van der Waals surface area contributed by atoms with Crippen LogP contribution < -0.4 is 16.2 Å². The Hall–Kier alpha value is -1.44. The summed E-state index contributed by atoms with van der Waals surface area (Å²) >= 11 is 0. The normalized spacial score (nSPS) is 15.2. The van der Waals surface area contributed by atoms with Gasteiger partial charge in [0.05, 0.1) is 0 Å². The zero-order chi connectivity index (χ0) is 8.55. The highest BCUT2D eigenvalue weighted by Crippen LogP contribution is 2.05. The Bertz CT molecular complexity index is 420. The van der Waals surface area contributed by atoms with Gasteiger partial charge in [-0.3, -0.25) is 0 Å². The smallest absolute Gasteiger partial charge is 0.125 e. The maximum atomic E-state index is 9.51. The molecule has 0 saturated carbocycles. The average Bonchev–Trinajstić information content (AvgIpc) is 2.04. The highest BCUT2D eigenvalue weighted by atomic mass is 16.3. The van der Waals surface area contributed by atoms with Gasteiger partial charge in [0.2, 0.25) is 0 Å². The number of nitrogens with two attached hydrogens (primary N) is 1. The first kappa shape index (κ1) is 7.22. The van der Waals surface area contributed by atoms with E-state index in [2.05, 4.69) is 6.08 Å². The molecule has 3 N–H and O–H groups in total. The van der Waals surface area contributed by atoms with Crippen LogP contribution >= 0.6 is 0 Å². The van der Waals surface area contributed by atoms with E-state index in [0.29, 0.717) is 5.75 Å². The minimum atomic E-state index is 0.293. The van der Waals surface area contributed by atoms with Crippen LogP contribution in [-0.2, 0) is 0 Å². The number of rotatable bonds is 0. The minimum absolute atomic E-state index is 0.293. The zero-order valence-corrected chi connectivity index (χ0v) is 6.75. The summed E-state index contributed by atoms with van der Waals surface area (Å²) in [5.41, 5.74) is 6.58. The van der Waals surface area contributed by atoms with Crippen LogP contribution in [0.3, 0.4) is 0 Å². The van der Waals surface area contributed by atoms with Crippen LogP contribution in [0.2, 0.25) is 0 Å². The van der Waals surface area contributed by atoms with Crippen molar-refractivity contribution < 1.29 is 5.11 Å². The van der Waals surface area contributed by atoms with E-state index in [1.165, 1.54) is 0 Å². The maximum absolute atomic E-state index is 9.51. The van der Waals surface area contributed by atoms with E-state index in [-0.39, 0.29) is 0 Å². The van der Waals surface area contributed by atoms with E-state index in [9.17, 15) is 5.11 Å². The van der Waals surface area contributed by atoms with Crippen molar-refractivity contribution in [3.63, 3.8) is 0 Å². The van der Waals surface area contributed by atoms with Crippen LogP contribution in [0.4, 0.5) is 0 Å². The van der Waals surface area contributed by atoms with E-state index >= 15 is 0 Å². The van der Waals surface area contributed by atoms with Crippen molar-refractivity contribution in [1.82, 2.24) is 0 Å². The fraction of sp³-hybridized carbons (Fsp3) is 0.200. The van der Waals surface area contributed by atoms with Crippen LogP contribution in [0.1, 0.15) is 12.8 Å². The number of phenolic OH excluding ortho intramolecular Hbond substituents is 1. The molecule has 0 aromatic heterocycles. The molecule has 2 rings (SSSR count). The van der Waals surface area contributed by atoms with Gasteiger partial charge in [0.15, 0.2) is 0 Å². The highest BCUT2D eigenvalue weighted by molar-refractivity contribution is 5.51. The second kappa shape index (κ2) is 2.55. The zero-order valence-electron chi connectivity index (χ0n) is 6.75. The second-order valence-corrected chi connectivity index (χ2v) is 3.01. The van der Waals surface area contributed by atoms with E-state index in [1.807, 2.05) is 12.1 Å². The molecule has 1 aromatic carbocycles. The number of fused-ring (bicyclic) bond motifs is 1. The van der Waals surface area contributed by atoms with E-state index in [4.69, 9.17) is 5.73 Å². The van der Waals surface area contributed by atoms with Crippen LogP contribution in [0.5, 0.6) is 5.75 Å². The lowest BCUT2D eigenvalue weighted by Crippen LogP contribution is -2.32. The third-order valence-electron chi connectivity index (χ3n) is 2.17. The lowest BCUT2D eigenvalue weighted by Gasteiger charge is -2.06. The highest BCUT2D eigenvalue weighted by Gasteiger charge is 2.03. The van der Waals surface area contributed by atoms with Crippen molar-refractivity contribution in [3.8, 4) is 5.75 Å². The van der Waals surface area contributed by atoms with E-state index in [1.54, 1.807) is 6.07 Å². The van der Waals surface area contributed by atoms with Gasteiger partial charge >= 0.3 is 0 Å². The van der Waals surface area contributed by atoms with Gasteiger partial charge in [-0.2, -0.15) is 0 Å². The number of hydrogen-bond acceptors (Lipinski definition) is 2. The molecule has 1 aromatic rings. The lowest BCUT2D eigenvalue weighted by atomic mass is 10.0. The maximum Gasteiger partial charge on any atom is 0.125 e. The summed E-state index contributed by atoms with van der Waals surface area (Å²) in [6.45, 7) is 0. The van der Waals surface area contributed by atoms with Crippen LogP contribution in [0.25, 0.3) is 11.8 Å². The Morgan fingerprint density at radius 3 is 2.92 bits per heavy atom. The summed E-state index contributed by atoms with van der Waals surface area (Å²) in [6.07, 6.45) is 3.93. The summed E-state index contributed by atoms with van der Waals surface area (Å²) in [4.78, 5) is 0. The molecular weight excluding hydrogens is 150 g/mol. The number of hydrogen-bond donors (Lipinski definition) is 2. The fourth-order valence-electron chi connectivity index (χ4n) is 1.59. The van der Waals surface area contributed by atoms with E-state index in [0.717, 1.165) is 29.0 Å². The molecule has 0 heterocycles. The molecule has 12 heavy (non-hydrogen) atoms. The number of benzene rings is 1. The first-order chi connectivity index (χ1) is 5.79. The average molecular weight is 161 g/mol. The molecule has 1 aliphatic rings. The van der Waals surface area contributed by atoms with Crippen molar-refractivity contribution in [2.75, 3.05) is 0 Å². The molecule has 0 fully saturated rings. The molecule has 0 saturated heterocycles. The fourth-order valence-corrected chi connectivity index (χ4v) is 1.59. The SMILES string of the molecule is NC1=c2c(O)cccc2=CCC1. The van der Waals surface area contributed by atoms with Gasteiger partial charge in [0, 0.05) is 10.9 Å². The van der Waals surface area contributed by atoms with Gasteiger partial charge in [0.1, 0.15) is 5.75 Å². The standard InChI is InChI=1S/C10H11NO/c11-8-5-1-3-7-4-2-6-9(12)10(7)8/h2-4,6,12H,1,5,11H2. The molecular formula is C10H11NO. The molecule has 2 nitrogen and oxygen atoms in total. The first-order valence-corrected chi connectivity index (χ1v) is 4.06. The summed E-state index contributed by atoms with van der Waals surface area (Å²) in [5, 5.41) is 11.4. The third-order valence-corrected chi connectivity index (χ3v) is 2.17. The Kier molecular flexibility index (Phi) is 1.54. The molecule has 2 heteroatoms. The summed E-state index contributed by atoms with van der Waals surface area (Å²) in [5.74, 6) is 0.293. The lowest BCUT2D eigenvalue weighted by molar-refractivity contribution is 0.469. The molecule has 0 aliphatic heterocycles. The van der Waals surface area contributed by atoms with Crippen LogP contribution in [-0.4, -0.2) is 5.11 Å². The molecule has 0 unspecified atom stereocenters. The van der Waals surface area contributed by atoms with Crippen molar-refractivity contribution in [1.29, 1.82) is 0 Å². The quantitative estimate of drug-likeness (QED) is 0.564. The Labute approximate surface area is 70.6 Å². The first-order valence-electron chi connectivity index (χ1n) is 4.06. The largest absolute Gasteiger partial charge is 0.507 e. The predicted molar refractivity (Wildman–Crippen MR) is 48.7 cm³/mol. The molecule has 0 spiro atoms.